The largest absolute Gasteiger partial charge is 0.461 e. The lowest BCUT2D eigenvalue weighted by Crippen LogP contribution is -2.18. The third-order valence-corrected chi connectivity index (χ3v) is 0.827. The van der Waals surface area contributed by atoms with Crippen molar-refractivity contribution in [3.8, 4) is 0 Å². The van der Waals surface area contributed by atoms with Crippen molar-refractivity contribution in [3.05, 3.63) is 25.7 Å². The van der Waals surface area contributed by atoms with Crippen molar-refractivity contribution < 1.29 is 18.6 Å². The second-order valence-electron chi connectivity index (χ2n) is 1.51. The molecule has 0 bridgehead atoms. The van der Waals surface area contributed by atoms with Crippen LogP contribution in [-0.4, -0.2) is 19.8 Å². The molecule has 0 aromatic heterocycles. The first-order valence-electron chi connectivity index (χ1n) is 3.01. The highest BCUT2D eigenvalue weighted by atomic mass is 19.1. The van der Waals surface area contributed by atoms with Gasteiger partial charge in [0.1, 0.15) is 6.61 Å². The van der Waals surface area contributed by atoms with Crippen LogP contribution in [0, 0.1) is 0 Å². The topological polar surface area (TPSA) is 27.7 Å². The maximum atomic E-state index is 11.4. The molecule has 0 aromatic carbocycles. The lowest BCUT2D eigenvalue weighted by molar-refractivity contribution is -0.119. The number of hydrogen-bond acceptors (Lipinski definition) is 3. The Morgan fingerprint density at radius 1 is 1.27 bits per heavy atom. The summed E-state index contributed by atoms with van der Waals surface area (Å²) in [6.07, 6.45) is 1.71. The first-order chi connectivity index (χ1) is 5.35. The summed E-state index contributed by atoms with van der Waals surface area (Å²) in [6.45, 7) is 5.75. The van der Waals surface area contributed by atoms with E-state index >= 15 is 0 Å². The summed E-state index contributed by atoms with van der Waals surface area (Å²) in [5, 5.41) is 0. The standard InChI is InChI=1S/C7H11FO3/c1-3-10-7(11-4-2)5-9-6-8/h3-4,7H,1-2,5-6H2. The van der Waals surface area contributed by atoms with Crippen molar-refractivity contribution in [2.75, 3.05) is 13.5 Å². The molecule has 0 aliphatic rings. The molecule has 64 valence electrons. The highest BCUT2D eigenvalue weighted by Crippen LogP contribution is 1.96. The minimum absolute atomic E-state index is 0.00847. The van der Waals surface area contributed by atoms with E-state index in [1.807, 2.05) is 0 Å². The molecule has 0 fully saturated rings. The maximum Gasteiger partial charge on any atom is 0.262 e. The molecule has 0 radical (unpaired) electrons. The Morgan fingerprint density at radius 3 is 2.18 bits per heavy atom. The molecule has 0 atom stereocenters. The fourth-order valence-electron chi connectivity index (χ4n) is 0.466. The predicted molar refractivity (Wildman–Crippen MR) is 38.3 cm³/mol. The van der Waals surface area contributed by atoms with Gasteiger partial charge in [0.2, 0.25) is 0 Å². The van der Waals surface area contributed by atoms with E-state index in [0.29, 0.717) is 0 Å². The lowest BCUT2D eigenvalue weighted by atomic mass is 10.7. The molecular formula is C7H11FO3. The Bertz CT molecular complexity index is 106. The maximum absolute atomic E-state index is 11.4. The average Bonchev–Trinajstić information content (AvgIpc) is 2.01. The molecule has 3 nitrogen and oxygen atoms in total. The molecule has 0 aromatic rings. The molecular weight excluding hydrogens is 151 g/mol. The van der Waals surface area contributed by atoms with Crippen molar-refractivity contribution in [2.45, 2.75) is 6.29 Å². The zero-order chi connectivity index (χ0) is 8.53. The van der Waals surface area contributed by atoms with Gasteiger partial charge in [0.15, 0.2) is 6.86 Å². The van der Waals surface area contributed by atoms with Gasteiger partial charge in [-0.2, -0.15) is 0 Å². The summed E-state index contributed by atoms with van der Waals surface area (Å²) >= 11 is 0. The Morgan fingerprint density at radius 2 is 1.82 bits per heavy atom. The van der Waals surface area contributed by atoms with Crippen molar-refractivity contribution in [1.29, 1.82) is 0 Å². The SMILES string of the molecule is C=COC(COCF)OC=C. The average molecular weight is 162 g/mol. The van der Waals surface area contributed by atoms with Gasteiger partial charge in [0.05, 0.1) is 12.5 Å². The van der Waals surface area contributed by atoms with Gasteiger partial charge in [-0.25, -0.2) is 4.39 Å². The van der Waals surface area contributed by atoms with Crippen molar-refractivity contribution >= 4 is 0 Å². The van der Waals surface area contributed by atoms with Crippen LogP contribution in [0.2, 0.25) is 0 Å². The summed E-state index contributed by atoms with van der Waals surface area (Å²) < 4.78 is 25.4. The van der Waals surface area contributed by atoms with Crippen molar-refractivity contribution in [1.82, 2.24) is 0 Å². The summed E-state index contributed by atoms with van der Waals surface area (Å²) in [5.74, 6) is 0. The Kier molecular flexibility index (Phi) is 6.42. The van der Waals surface area contributed by atoms with Crippen LogP contribution < -0.4 is 0 Å². The van der Waals surface area contributed by atoms with E-state index < -0.39 is 13.2 Å². The molecule has 0 N–H and O–H groups in total. The molecule has 0 unspecified atom stereocenters. The van der Waals surface area contributed by atoms with E-state index in [4.69, 9.17) is 9.47 Å². The first-order valence-corrected chi connectivity index (χ1v) is 3.01. The Balaban J connectivity index is 3.49. The lowest BCUT2D eigenvalue weighted by Gasteiger charge is -2.14. The molecule has 0 amide bonds. The molecule has 0 spiro atoms. The van der Waals surface area contributed by atoms with Crippen LogP contribution in [0.5, 0.6) is 0 Å². The molecule has 0 aliphatic carbocycles. The highest BCUT2D eigenvalue weighted by Gasteiger charge is 2.05. The number of hydrogen-bond donors (Lipinski definition) is 0. The zero-order valence-electron chi connectivity index (χ0n) is 6.16. The summed E-state index contributed by atoms with van der Waals surface area (Å²) in [7, 11) is 0. The Labute approximate surface area is 65.1 Å². The van der Waals surface area contributed by atoms with Crippen LogP contribution in [0.4, 0.5) is 4.39 Å². The Hall–Kier alpha value is -1.03. The first kappa shape index (κ1) is 9.97. The number of alkyl halides is 1. The highest BCUT2D eigenvalue weighted by molar-refractivity contribution is 4.57. The fourth-order valence-corrected chi connectivity index (χ4v) is 0.466. The summed E-state index contributed by atoms with van der Waals surface area (Å²) in [6, 6.07) is 0. The molecule has 0 saturated carbocycles. The van der Waals surface area contributed by atoms with Gasteiger partial charge in [-0.3, -0.25) is 0 Å². The van der Waals surface area contributed by atoms with Crippen LogP contribution in [0.15, 0.2) is 25.7 Å². The van der Waals surface area contributed by atoms with Crippen LogP contribution >= 0.6 is 0 Å². The van der Waals surface area contributed by atoms with Crippen LogP contribution in [0.1, 0.15) is 0 Å². The van der Waals surface area contributed by atoms with E-state index in [9.17, 15) is 4.39 Å². The van der Waals surface area contributed by atoms with E-state index in [1.165, 1.54) is 12.5 Å². The van der Waals surface area contributed by atoms with Crippen LogP contribution in [-0.2, 0) is 14.2 Å². The minimum atomic E-state index is -0.864. The number of rotatable bonds is 7. The van der Waals surface area contributed by atoms with Gasteiger partial charge in [0.25, 0.3) is 6.29 Å². The van der Waals surface area contributed by atoms with Gasteiger partial charge in [-0.1, -0.05) is 13.2 Å². The number of ether oxygens (including phenoxy) is 3. The van der Waals surface area contributed by atoms with Crippen LogP contribution in [0.3, 0.4) is 0 Å². The van der Waals surface area contributed by atoms with Gasteiger partial charge >= 0.3 is 0 Å². The van der Waals surface area contributed by atoms with Gasteiger partial charge in [0, 0.05) is 0 Å². The summed E-state index contributed by atoms with van der Waals surface area (Å²) in [4.78, 5) is 0. The summed E-state index contributed by atoms with van der Waals surface area (Å²) in [5.41, 5.74) is 0. The smallest absolute Gasteiger partial charge is 0.262 e. The van der Waals surface area contributed by atoms with Gasteiger partial charge in [-0.05, 0) is 0 Å². The second kappa shape index (κ2) is 7.08. The third kappa shape index (κ3) is 5.42. The monoisotopic (exact) mass is 162 g/mol. The van der Waals surface area contributed by atoms with Crippen molar-refractivity contribution in [2.24, 2.45) is 0 Å². The van der Waals surface area contributed by atoms with Crippen molar-refractivity contribution in [3.63, 3.8) is 0 Å². The minimum Gasteiger partial charge on any atom is -0.461 e. The van der Waals surface area contributed by atoms with Crippen LogP contribution in [0.25, 0.3) is 0 Å². The molecule has 0 heterocycles. The second-order valence-corrected chi connectivity index (χ2v) is 1.51. The molecule has 4 heteroatoms. The number of halogens is 1. The quantitative estimate of drug-likeness (QED) is 0.420. The molecule has 0 saturated heterocycles. The van der Waals surface area contributed by atoms with Gasteiger partial charge in [-0.15, -0.1) is 0 Å². The van der Waals surface area contributed by atoms with E-state index in [1.54, 1.807) is 0 Å². The molecule has 0 rings (SSSR count). The van der Waals surface area contributed by atoms with Gasteiger partial charge < -0.3 is 14.2 Å². The van der Waals surface area contributed by atoms with E-state index in [2.05, 4.69) is 17.9 Å². The zero-order valence-corrected chi connectivity index (χ0v) is 6.16. The predicted octanol–water partition coefficient (Wildman–Crippen LogP) is 1.58. The normalized spacial score (nSPS) is 9.27. The van der Waals surface area contributed by atoms with E-state index in [0.717, 1.165) is 0 Å². The third-order valence-electron chi connectivity index (χ3n) is 0.827. The molecule has 11 heavy (non-hydrogen) atoms. The van der Waals surface area contributed by atoms with E-state index in [-0.39, 0.29) is 6.61 Å². The fraction of sp³-hybridized carbons (Fsp3) is 0.429. The molecule has 0 aliphatic heterocycles.